The molecule has 2 aromatic rings. The number of benzene rings is 2. The molecular formula is C28H28O13. The van der Waals surface area contributed by atoms with Gasteiger partial charge in [-0.25, -0.2) is 9.59 Å². The zero-order valence-corrected chi connectivity index (χ0v) is 22.6. The lowest BCUT2D eigenvalue weighted by Gasteiger charge is -2.43. The third-order valence-electron chi connectivity index (χ3n) is 5.65. The highest BCUT2D eigenvalue weighted by Gasteiger charge is 2.56. The summed E-state index contributed by atoms with van der Waals surface area (Å²) in [5, 5.41) is 0. The average Bonchev–Trinajstić information content (AvgIpc) is 2.94. The number of rotatable bonds is 10. The van der Waals surface area contributed by atoms with Crippen LogP contribution in [0.1, 0.15) is 47.1 Å². The van der Waals surface area contributed by atoms with Crippen LogP contribution in [0.15, 0.2) is 48.5 Å². The van der Waals surface area contributed by atoms with Crippen LogP contribution in [0.3, 0.4) is 0 Å². The van der Waals surface area contributed by atoms with Gasteiger partial charge in [0, 0.05) is 26.3 Å². The quantitative estimate of drug-likeness (QED) is 0.230. The first kappa shape index (κ1) is 30.8. The Morgan fingerprint density at radius 2 is 1.44 bits per heavy atom. The van der Waals surface area contributed by atoms with Crippen LogP contribution in [0, 0.1) is 0 Å². The Labute approximate surface area is 234 Å². The van der Waals surface area contributed by atoms with Crippen LogP contribution in [0.4, 0.5) is 0 Å². The third kappa shape index (κ3) is 8.11. The fourth-order valence-corrected chi connectivity index (χ4v) is 3.98. The van der Waals surface area contributed by atoms with Gasteiger partial charge in [-0.3, -0.25) is 19.2 Å². The number of carbonyl (C=O) groups is 6. The standard InChI is InChI=1S/C28H28O13/c1-15(30)37-22-23(38-16(2)31)25(39-17(3)32)28(41-24(22)27(34)35-4)40-21-11-10-19(13-29)12-20(21)26(33)36-14-18-8-6-5-7-9-18/h5-13,22-25,28H,14H2,1-4H3/t22-,23-,24-,25+,28?/m0/s1. The summed E-state index contributed by atoms with van der Waals surface area (Å²) >= 11 is 0. The second-order valence-electron chi connectivity index (χ2n) is 8.72. The highest BCUT2D eigenvalue weighted by atomic mass is 16.7. The van der Waals surface area contributed by atoms with Crippen LogP contribution >= 0.6 is 0 Å². The lowest BCUT2D eigenvalue weighted by Crippen LogP contribution is -2.64. The molecule has 3 rings (SSSR count). The summed E-state index contributed by atoms with van der Waals surface area (Å²) in [4.78, 5) is 73.0. The van der Waals surface area contributed by atoms with Gasteiger partial charge in [-0.05, 0) is 23.8 Å². The van der Waals surface area contributed by atoms with Gasteiger partial charge in [0.15, 0.2) is 18.3 Å². The Kier molecular flexibility index (Phi) is 10.5. The maximum absolute atomic E-state index is 13.1. The molecule has 13 heteroatoms. The molecule has 0 radical (unpaired) electrons. The van der Waals surface area contributed by atoms with Crippen LogP contribution in [-0.4, -0.2) is 73.9 Å². The van der Waals surface area contributed by atoms with E-state index >= 15 is 0 Å². The van der Waals surface area contributed by atoms with E-state index < -0.39 is 60.6 Å². The van der Waals surface area contributed by atoms with E-state index in [1.54, 1.807) is 30.3 Å². The summed E-state index contributed by atoms with van der Waals surface area (Å²) in [6.45, 7) is 3.06. The van der Waals surface area contributed by atoms with Gasteiger partial charge in [-0.1, -0.05) is 30.3 Å². The summed E-state index contributed by atoms with van der Waals surface area (Å²) < 4.78 is 37.7. The van der Waals surface area contributed by atoms with Crippen molar-refractivity contribution in [2.24, 2.45) is 0 Å². The molecular weight excluding hydrogens is 544 g/mol. The number of carbonyl (C=O) groups excluding carboxylic acids is 6. The Hall–Kier alpha value is -4.78. The predicted molar refractivity (Wildman–Crippen MR) is 135 cm³/mol. The highest BCUT2D eigenvalue weighted by Crippen LogP contribution is 2.33. The van der Waals surface area contributed by atoms with E-state index in [1.807, 2.05) is 0 Å². The Morgan fingerprint density at radius 3 is 2.02 bits per heavy atom. The molecule has 218 valence electrons. The van der Waals surface area contributed by atoms with Gasteiger partial charge in [0.05, 0.1) is 7.11 Å². The van der Waals surface area contributed by atoms with E-state index in [-0.39, 0.29) is 23.5 Å². The van der Waals surface area contributed by atoms with E-state index in [0.717, 1.165) is 27.9 Å². The highest BCUT2D eigenvalue weighted by molar-refractivity contribution is 5.94. The fraction of sp³-hybridized carbons (Fsp3) is 0.357. The van der Waals surface area contributed by atoms with Crippen molar-refractivity contribution in [3.8, 4) is 5.75 Å². The average molecular weight is 573 g/mol. The lowest BCUT2D eigenvalue weighted by atomic mass is 9.97. The van der Waals surface area contributed by atoms with Crippen molar-refractivity contribution < 1.29 is 61.9 Å². The van der Waals surface area contributed by atoms with E-state index in [2.05, 4.69) is 0 Å². The smallest absolute Gasteiger partial charge is 0.342 e. The van der Waals surface area contributed by atoms with Gasteiger partial charge in [0.2, 0.25) is 12.4 Å². The molecule has 0 bridgehead atoms. The van der Waals surface area contributed by atoms with Gasteiger partial charge in [-0.15, -0.1) is 0 Å². The van der Waals surface area contributed by atoms with Crippen molar-refractivity contribution in [1.29, 1.82) is 0 Å². The molecule has 13 nitrogen and oxygen atoms in total. The van der Waals surface area contributed by atoms with Crippen LogP contribution in [0.2, 0.25) is 0 Å². The SMILES string of the molecule is COC(=O)[C@H]1OC(Oc2ccc(C=O)cc2C(=O)OCc2ccccc2)[C@H](OC(C)=O)[C@@H](OC(C)=O)[C@@H]1OC(C)=O. The molecule has 1 aliphatic rings. The van der Waals surface area contributed by atoms with Crippen LogP contribution in [0.25, 0.3) is 0 Å². The monoisotopic (exact) mass is 572 g/mol. The number of hydrogen-bond acceptors (Lipinski definition) is 13. The zero-order valence-electron chi connectivity index (χ0n) is 22.6. The molecule has 2 aromatic carbocycles. The van der Waals surface area contributed by atoms with Crippen molar-refractivity contribution in [3.63, 3.8) is 0 Å². The van der Waals surface area contributed by atoms with E-state index in [4.69, 9.17) is 33.2 Å². The van der Waals surface area contributed by atoms with Crippen molar-refractivity contribution in [3.05, 3.63) is 65.2 Å². The summed E-state index contributed by atoms with van der Waals surface area (Å²) in [5.41, 5.74) is 0.615. The second-order valence-corrected chi connectivity index (χ2v) is 8.72. The maximum Gasteiger partial charge on any atom is 0.342 e. The normalized spacial score (nSPS) is 21.5. The first-order valence-corrected chi connectivity index (χ1v) is 12.3. The van der Waals surface area contributed by atoms with Gasteiger partial charge < -0.3 is 33.2 Å². The Bertz CT molecular complexity index is 1290. The minimum atomic E-state index is -1.71. The molecule has 5 atom stereocenters. The van der Waals surface area contributed by atoms with E-state index in [9.17, 15) is 28.8 Å². The van der Waals surface area contributed by atoms with E-state index in [1.165, 1.54) is 18.2 Å². The zero-order chi connectivity index (χ0) is 30.1. The van der Waals surface area contributed by atoms with Crippen molar-refractivity contribution in [1.82, 2.24) is 0 Å². The molecule has 1 fully saturated rings. The van der Waals surface area contributed by atoms with Crippen molar-refractivity contribution >= 4 is 36.1 Å². The molecule has 1 heterocycles. The van der Waals surface area contributed by atoms with Crippen LogP contribution in [-0.2, 0) is 54.2 Å². The topological polar surface area (TPSA) is 167 Å². The summed E-state index contributed by atoms with van der Waals surface area (Å²) in [5.74, 6) is -4.67. The summed E-state index contributed by atoms with van der Waals surface area (Å²) in [6, 6.07) is 12.6. The summed E-state index contributed by atoms with van der Waals surface area (Å²) in [7, 11) is 1.05. The number of ether oxygens (including phenoxy) is 7. The maximum atomic E-state index is 13.1. The van der Waals surface area contributed by atoms with Crippen molar-refractivity contribution in [2.75, 3.05) is 7.11 Å². The molecule has 0 saturated carbocycles. The van der Waals surface area contributed by atoms with Crippen LogP contribution in [0.5, 0.6) is 5.75 Å². The molecule has 1 aliphatic heterocycles. The molecule has 0 aliphatic carbocycles. The Balaban J connectivity index is 2.02. The first-order chi connectivity index (χ1) is 19.5. The molecule has 41 heavy (non-hydrogen) atoms. The molecule has 1 unspecified atom stereocenters. The predicted octanol–water partition coefficient (Wildman–Crippen LogP) is 1.93. The summed E-state index contributed by atoms with van der Waals surface area (Å²) in [6.07, 6.45) is -7.69. The fourth-order valence-electron chi connectivity index (χ4n) is 3.98. The molecule has 0 amide bonds. The van der Waals surface area contributed by atoms with Gasteiger partial charge in [-0.2, -0.15) is 0 Å². The van der Waals surface area contributed by atoms with Crippen LogP contribution < -0.4 is 4.74 Å². The Morgan fingerprint density at radius 1 is 0.829 bits per heavy atom. The second kappa shape index (κ2) is 14.0. The molecule has 1 saturated heterocycles. The number of hydrogen-bond donors (Lipinski definition) is 0. The first-order valence-electron chi connectivity index (χ1n) is 12.3. The lowest BCUT2D eigenvalue weighted by molar-refractivity contribution is -0.282. The molecule has 0 N–H and O–H groups in total. The minimum Gasteiger partial charge on any atom is -0.467 e. The largest absolute Gasteiger partial charge is 0.467 e. The number of aldehydes is 1. The van der Waals surface area contributed by atoms with Gasteiger partial charge in [0.1, 0.15) is 24.2 Å². The van der Waals surface area contributed by atoms with Gasteiger partial charge in [0.25, 0.3) is 0 Å². The molecule has 0 spiro atoms. The number of esters is 5. The molecule has 0 aromatic heterocycles. The van der Waals surface area contributed by atoms with Crippen molar-refractivity contribution in [2.45, 2.75) is 58.1 Å². The minimum absolute atomic E-state index is 0.0938. The number of methoxy groups -OCH3 is 1. The van der Waals surface area contributed by atoms with Gasteiger partial charge >= 0.3 is 29.8 Å². The third-order valence-corrected chi connectivity index (χ3v) is 5.65. The van der Waals surface area contributed by atoms with E-state index in [0.29, 0.717) is 11.8 Å².